The van der Waals surface area contributed by atoms with Crippen molar-refractivity contribution in [2.24, 2.45) is 0 Å². The third-order valence-corrected chi connectivity index (χ3v) is 4.66. The third kappa shape index (κ3) is 3.25. The van der Waals surface area contributed by atoms with Crippen LogP contribution in [0.25, 0.3) is 11.0 Å². The summed E-state index contributed by atoms with van der Waals surface area (Å²) in [4.78, 5) is 12.6. The fourth-order valence-electron chi connectivity index (χ4n) is 3.19. The van der Waals surface area contributed by atoms with Gasteiger partial charge < -0.3 is 19.2 Å². The van der Waals surface area contributed by atoms with Crippen LogP contribution in [0.15, 0.2) is 34.9 Å². The van der Waals surface area contributed by atoms with Gasteiger partial charge in [0.2, 0.25) is 5.91 Å². The number of nitrogens with one attached hydrogen (secondary N) is 1. The van der Waals surface area contributed by atoms with Crippen molar-refractivity contribution in [1.29, 1.82) is 0 Å². The Kier molecular flexibility index (Phi) is 4.89. The summed E-state index contributed by atoms with van der Waals surface area (Å²) in [5, 5.41) is 3.92. The van der Waals surface area contributed by atoms with E-state index in [1.54, 1.807) is 38.7 Å². The zero-order valence-corrected chi connectivity index (χ0v) is 15.7. The van der Waals surface area contributed by atoms with Crippen LogP contribution in [0.1, 0.15) is 22.3 Å². The van der Waals surface area contributed by atoms with Crippen LogP contribution in [0, 0.1) is 20.8 Å². The number of benzene rings is 2. The van der Waals surface area contributed by atoms with Gasteiger partial charge in [-0.1, -0.05) is 6.07 Å². The van der Waals surface area contributed by atoms with Gasteiger partial charge in [0.25, 0.3) is 0 Å². The van der Waals surface area contributed by atoms with Crippen molar-refractivity contribution in [2.45, 2.75) is 27.2 Å². The normalized spacial score (nSPS) is 10.8. The molecule has 0 aliphatic rings. The first-order chi connectivity index (χ1) is 12.4. The Hall–Kier alpha value is -2.95. The summed E-state index contributed by atoms with van der Waals surface area (Å²) in [5.41, 5.74) is 5.74. The average molecular weight is 353 g/mol. The molecule has 3 rings (SSSR count). The summed E-state index contributed by atoms with van der Waals surface area (Å²) in [6.45, 7) is 6.14. The summed E-state index contributed by atoms with van der Waals surface area (Å²) in [7, 11) is 3.14. The lowest BCUT2D eigenvalue weighted by Gasteiger charge is -2.11. The van der Waals surface area contributed by atoms with Crippen molar-refractivity contribution in [3.63, 3.8) is 0 Å². The van der Waals surface area contributed by atoms with Gasteiger partial charge in [0, 0.05) is 17.0 Å². The van der Waals surface area contributed by atoms with Gasteiger partial charge in [-0.2, -0.15) is 0 Å². The maximum absolute atomic E-state index is 12.6. The molecule has 0 aliphatic carbocycles. The van der Waals surface area contributed by atoms with Crippen LogP contribution < -0.4 is 14.8 Å². The number of aryl methyl sites for hydroxylation is 3. The van der Waals surface area contributed by atoms with E-state index in [4.69, 9.17) is 13.9 Å². The van der Waals surface area contributed by atoms with Crippen molar-refractivity contribution in [3.05, 3.63) is 52.8 Å². The van der Waals surface area contributed by atoms with Gasteiger partial charge in [-0.25, -0.2) is 0 Å². The number of carbonyl (C=O) groups excluding carboxylic acids is 1. The molecule has 0 bridgehead atoms. The van der Waals surface area contributed by atoms with Gasteiger partial charge in [0.15, 0.2) is 0 Å². The SMILES string of the molecule is COc1ccc(NC(=O)Cc2coc3c(C)c(C)cc(C)c23)c(OC)c1. The van der Waals surface area contributed by atoms with E-state index < -0.39 is 0 Å². The minimum absolute atomic E-state index is 0.131. The first-order valence-corrected chi connectivity index (χ1v) is 8.43. The Balaban J connectivity index is 1.85. The van der Waals surface area contributed by atoms with E-state index in [9.17, 15) is 4.79 Å². The van der Waals surface area contributed by atoms with Crippen LogP contribution in [0.5, 0.6) is 11.5 Å². The van der Waals surface area contributed by atoms with E-state index in [2.05, 4.69) is 18.3 Å². The lowest BCUT2D eigenvalue weighted by atomic mass is 9.99. The number of hydrogen-bond acceptors (Lipinski definition) is 4. The van der Waals surface area contributed by atoms with E-state index in [0.717, 1.165) is 27.7 Å². The third-order valence-electron chi connectivity index (χ3n) is 4.66. The number of anilines is 1. The molecule has 0 fully saturated rings. The second-order valence-electron chi connectivity index (χ2n) is 6.39. The number of carbonyl (C=O) groups is 1. The molecular weight excluding hydrogens is 330 g/mol. The smallest absolute Gasteiger partial charge is 0.229 e. The van der Waals surface area contributed by atoms with Crippen molar-refractivity contribution >= 4 is 22.6 Å². The number of fused-ring (bicyclic) bond motifs is 1. The zero-order valence-electron chi connectivity index (χ0n) is 15.7. The molecule has 0 aliphatic heterocycles. The van der Waals surface area contributed by atoms with Crippen LogP contribution in [-0.4, -0.2) is 20.1 Å². The molecular formula is C21H23NO4. The van der Waals surface area contributed by atoms with Crippen molar-refractivity contribution in [2.75, 3.05) is 19.5 Å². The Bertz CT molecular complexity index is 972. The highest BCUT2D eigenvalue weighted by Crippen LogP contribution is 2.32. The fraction of sp³-hybridized carbons (Fsp3) is 0.286. The molecule has 136 valence electrons. The standard InChI is InChI=1S/C21H23NO4/c1-12-8-13(2)20-15(11-26-21(20)14(12)3)9-19(23)22-17-7-6-16(24-4)10-18(17)25-5/h6-8,10-11H,9H2,1-5H3,(H,22,23). The van der Waals surface area contributed by atoms with Crippen LogP contribution in [0.3, 0.4) is 0 Å². The number of ether oxygens (including phenoxy) is 2. The minimum Gasteiger partial charge on any atom is -0.497 e. The average Bonchev–Trinajstić information content (AvgIpc) is 3.04. The van der Waals surface area contributed by atoms with E-state index >= 15 is 0 Å². The summed E-state index contributed by atoms with van der Waals surface area (Å²) in [6, 6.07) is 7.41. The Morgan fingerprint density at radius 1 is 1.08 bits per heavy atom. The second-order valence-corrected chi connectivity index (χ2v) is 6.39. The summed E-state index contributed by atoms with van der Waals surface area (Å²) >= 11 is 0. The highest BCUT2D eigenvalue weighted by molar-refractivity contribution is 5.97. The molecule has 1 aromatic heterocycles. The molecule has 3 aromatic rings. The topological polar surface area (TPSA) is 60.7 Å². The van der Waals surface area contributed by atoms with Crippen LogP contribution in [0.2, 0.25) is 0 Å². The summed E-state index contributed by atoms with van der Waals surface area (Å²) in [5.74, 6) is 1.09. The molecule has 0 unspecified atom stereocenters. The number of rotatable bonds is 5. The number of hydrogen-bond donors (Lipinski definition) is 1. The van der Waals surface area contributed by atoms with Gasteiger partial charge in [-0.3, -0.25) is 4.79 Å². The Morgan fingerprint density at radius 3 is 2.54 bits per heavy atom. The van der Waals surface area contributed by atoms with Crippen molar-refractivity contribution in [1.82, 2.24) is 0 Å². The van der Waals surface area contributed by atoms with Gasteiger partial charge in [0.05, 0.1) is 32.6 Å². The van der Waals surface area contributed by atoms with E-state index in [1.165, 1.54) is 5.56 Å². The van der Waals surface area contributed by atoms with Crippen LogP contribution in [0.4, 0.5) is 5.69 Å². The number of amides is 1. The van der Waals surface area contributed by atoms with E-state index in [0.29, 0.717) is 17.2 Å². The van der Waals surface area contributed by atoms with Gasteiger partial charge >= 0.3 is 0 Å². The summed E-state index contributed by atoms with van der Waals surface area (Å²) in [6.07, 6.45) is 1.90. The highest BCUT2D eigenvalue weighted by Gasteiger charge is 2.16. The lowest BCUT2D eigenvalue weighted by molar-refractivity contribution is -0.115. The Labute approximate surface area is 152 Å². The van der Waals surface area contributed by atoms with Crippen LogP contribution >= 0.6 is 0 Å². The molecule has 0 atom stereocenters. The van der Waals surface area contributed by atoms with Gasteiger partial charge in [-0.15, -0.1) is 0 Å². The quantitative estimate of drug-likeness (QED) is 0.731. The lowest BCUT2D eigenvalue weighted by Crippen LogP contribution is -2.15. The van der Waals surface area contributed by atoms with Gasteiger partial charge in [0.1, 0.15) is 17.1 Å². The second kappa shape index (κ2) is 7.12. The maximum Gasteiger partial charge on any atom is 0.229 e. The maximum atomic E-state index is 12.6. The summed E-state index contributed by atoms with van der Waals surface area (Å²) < 4.78 is 16.3. The largest absolute Gasteiger partial charge is 0.497 e. The predicted octanol–water partition coefficient (Wildman–Crippen LogP) is 4.56. The first-order valence-electron chi connectivity index (χ1n) is 8.43. The molecule has 5 heteroatoms. The van der Waals surface area contributed by atoms with Crippen LogP contribution in [-0.2, 0) is 11.2 Å². The molecule has 0 radical (unpaired) electrons. The molecule has 0 saturated carbocycles. The monoisotopic (exact) mass is 353 g/mol. The molecule has 5 nitrogen and oxygen atoms in total. The molecule has 0 spiro atoms. The van der Waals surface area contributed by atoms with E-state index in [-0.39, 0.29) is 12.3 Å². The predicted molar refractivity (Wildman–Crippen MR) is 102 cm³/mol. The molecule has 1 amide bonds. The Morgan fingerprint density at radius 2 is 1.85 bits per heavy atom. The molecule has 26 heavy (non-hydrogen) atoms. The minimum atomic E-state index is -0.131. The van der Waals surface area contributed by atoms with Crippen molar-refractivity contribution in [3.8, 4) is 11.5 Å². The molecule has 1 heterocycles. The van der Waals surface area contributed by atoms with E-state index in [1.807, 2.05) is 13.8 Å². The number of furan rings is 1. The zero-order chi connectivity index (χ0) is 18.8. The molecule has 0 saturated heterocycles. The molecule has 2 aromatic carbocycles. The highest BCUT2D eigenvalue weighted by atomic mass is 16.5. The first kappa shape index (κ1) is 17.9. The fourth-order valence-corrected chi connectivity index (χ4v) is 3.19. The molecule has 1 N–H and O–H groups in total. The van der Waals surface area contributed by atoms with Crippen molar-refractivity contribution < 1.29 is 18.7 Å². The number of methoxy groups -OCH3 is 2. The van der Waals surface area contributed by atoms with Gasteiger partial charge in [-0.05, 0) is 49.6 Å².